The highest BCUT2D eigenvalue weighted by Gasteiger charge is 2.27. The van der Waals surface area contributed by atoms with Gasteiger partial charge in [0.2, 0.25) is 0 Å². The predicted molar refractivity (Wildman–Crippen MR) is 110 cm³/mol. The summed E-state index contributed by atoms with van der Waals surface area (Å²) in [6.45, 7) is 6.69. The van der Waals surface area contributed by atoms with Gasteiger partial charge in [-0.2, -0.15) is 0 Å². The van der Waals surface area contributed by atoms with E-state index in [4.69, 9.17) is 21.1 Å². The number of nitrogens with zero attached hydrogens (tertiary/aromatic N) is 2. The Hall–Kier alpha value is -1.30. The van der Waals surface area contributed by atoms with Crippen LogP contribution in [-0.2, 0) is 4.74 Å². The van der Waals surface area contributed by atoms with Crippen LogP contribution < -0.4 is 4.74 Å². The Balaban J connectivity index is 1.36. The van der Waals surface area contributed by atoms with E-state index in [2.05, 4.69) is 4.90 Å². The molecular weight excluding hydrogens is 376 g/mol. The minimum atomic E-state index is 0.0741. The summed E-state index contributed by atoms with van der Waals surface area (Å²) in [7, 11) is 0. The molecule has 28 heavy (non-hydrogen) atoms. The average Bonchev–Trinajstić information content (AvgIpc) is 3.23. The van der Waals surface area contributed by atoms with Crippen LogP contribution in [0, 0.1) is 5.92 Å². The van der Waals surface area contributed by atoms with Crippen LogP contribution in [0.2, 0.25) is 5.02 Å². The van der Waals surface area contributed by atoms with Gasteiger partial charge in [0, 0.05) is 44.4 Å². The summed E-state index contributed by atoms with van der Waals surface area (Å²) in [5.74, 6) is 1.40. The Kier molecular flexibility index (Phi) is 6.76. The van der Waals surface area contributed by atoms with Crippen molar-refractivity contribution in [3.8, 4) is 5.75 Å². The van der Waals surface area contributed by atoms with Crippen molar-refractivity contribution in [2.24, 2.45) is 5.92 Å². The lowest BCUT2D eigenvalue weighted by atomic mass is 10.0. The second kappa shape index (κ2) is 9.47. The number of hydrogen-bond acceptors (Lipinski definition) is 4. The number of piperidine rings is 2. The maximum absolute atomic E-state index is 13.0. The van der Waals surface area contributed by atoms with Gasteiger partial charge in [0.05, 0.1) is 12.2 Å². The Bertz CT molecular complexity index is 664. The molecule has 1 amide bonds. The molecule has 0 spiro atoms. The Labute approximate surface area is 172 Å². The molecule has 5 nitrogen and oxygen atoms in total. The number of amides is 1. The van der Waals surface area contributed by atoms with Crippen molar-refractivity contribution in [1.29, 1.82) is 0 Å². The van der Waals surface area contributed by atoms with E-state index in [0.29, 0.717) is 22.3 Å². The van der Waals surface area contributed by atoms with Crippen molar-refractivity contribution in [3.05, 3.63) is 28.8 Å². The molecule has 3 fully saturated rings. The number of likely N-dealkylation sites (tertiary alicyclic amines) is 2. The molecule has 1 aromatic rings. The fourth-order valence-electron chi connectivity index (χ4n) is 4.52. The molecule has 1 aromatic carbocycles. The predicted octanol–water partition coefficient (Wildman–Crippen LogP) is 3.85. The van der Waals surface area contributed by atoms with Crippen LogP contribution in [-0.4, -0.2) is 67.7 Å². The van der Waals surface area contributed by atoms with E-state index in [1.807, 2.05) is 11.0 Å². The van der Waals surface area contributed by atoms with Gasteiger partial charge in [-0.1, -0.05) is 11.6 Å². The maximum atomic E-state index is 13.0. The van der Waals surface area contributed by atoms with E-state index < -0.39 is 0 Å². The molecule has 4 rings (SSSR count). The topological polar surface area (TPSA) is 42.0 Å². The average molecular weight is 407 g/mol. The molecular formula is C22H31ClN2O3. The highest BCUT2D eigenvalue weighted by atomic mass is 35.5. The Morgan fingerprint density at radius 2 is 1.89 bits per heavy atom. The number of halogens is 1. The molecule has 3 aliphatic rings. The molecule has 0 saturated carbocycles. The summed E-state index contributed by atoms with van der Waals surface area (Å²) in [5.41, 5.74) is 0.650. The highest BCUT2D eigenvalue weighted by molar-refractivity contribution is 6.30. The minimum absolute atomic E-state index is 0.0741. The number of ether oxygens (including phenoxy) is 2. The molecule has 154 valence electrons. The molecule has 0 radical (unpaired) electrons. The fraction of sp³-hybridized carbons (Fsp3) is 0.682. The van der Waals surface area contributed by atoms with E-state index in [-0.39, 0.29) is 12.0 Å². The number of carbonyl (C=O) groups is 1. The first-order valence-electron chi connectivity index (χ1n) is 10.7. The molecule has 3 heterocycles. The number of benzene rings is 1. The van der Waals surface area contributed by atoms with E-state index in [1.54, 1.807) is 12.1 Å². The second-order valence-corrected chi connectivity index (χ2v) is 8.78. The highest BCUT2D eigenvalue weighted by Crippen LogP contribution is 2.29. The number of hydrogen-bond donors (Lipinski definition) is 0. The van der Waals surface area contributed by atoms with Gasteiger partial charge in [0.1, 0.15) is 11.9 Å². The summed E-state index contributed by atoms with van der Waals surface area (Å²) in [6.07, 6.45) is 6.66. The zero-order valence-corrected chi connectivity index (χ0v) is 17.3. The van der Waals surface area contributed by atoms with Crippen molar-refractivity contribution in [3.63, 3.8) is 0 Å². The van der Waals surface area contributed by atoms with Gasteiger partial charge in [0.15, 0.2) is 0 Å². The van der Waals surface area contributed by atoms with Crippen molar-refractivity contribution in [2.75, 3.05) is 45.9 Å². The summed E-state index contributed by atoms with van der Waals surface area (Å²) in [6, 6.07) is 5.42. The Morgan fingerprint density at radius 3 is 2.61 bits per heavy atom. The monoisotopic (exact) mass is 406 g/mol. The third-order valence-electron chi connectivity index (χ3n) is 6.19. The standard InChI is InChI=1S/C22H31ClN2O3/c23-18-4-5-20(22(26)25-9-2-1-3-10-25)21(14-18)28-19-6-11-24(12-7-19)15-17-8-13-27-16-17/h4-5,14,17,19H,1-3,6-13,15-16H2/t17-/m0/s1. The molecule has 3 aliphatic heterocycles. The lowest BCUT2D eigenvalue weighted by molar-refractivity contribution is 0.0697. The lowest BCUT2D eigenvalue weighted by Crippen LogP contribution is -2.41. The van der Waals surface area contributed by atoms with E-state index in [9.17, 15) is 4.79 Å². The van der Waals surface area contributed by atoms with Crippen molar-refractivity contribution < 1.29 is 14.3 Å². The molecule has 0 aromatic heterocycles. The summed E-state index contributed by atoms with van der Waals surface area (Å²) in [4.78, 5) is 17.5. The summed E-state index contributed by atoms with van der Waals surface area (Å²) < 4.78 is 11.8. The molecule has 0 unspecified atom stereocenters. The number of carbonyl (C=O) groups excluding carboxylic acids is 1. The van der Waals surface area contributed by atoms with Crippen LogP contribution in [0.4, 0.5) is 0 Å². The third-order valence-corrected chi connectivity index (χ3v) is 6.42. The van der Waals surface area contributed by atoms with E-state index in [1.165, 1.54) is 12.8 Å². The zero-order valence-electron chi connectivity index (χ0n) is 16.6. The van der Waals surface area contributed by atoms with Crippen molar-refractivity contribution >= 4 is 17.5 Å². The quantitative estimate of drug-likeness (QED) is 0.744. The first-order valence-corrected chi connectivity index (χ1v) is 11.1. The second-order valence-electron chi connectivity index (χ2n) is 8.34. The zero-order chi connectivity index (χ0) is 19.3. The van der Waals surface area contributed by atoms with Gasteiger partial charge in [-0.3, -0.25) is 4.79 Å². The smallest absolute Gasteiger partial charge is 0.257 e. The Morgan fingerprint density at radius 1 is 1.11 bits per heavy atom. The van der Waals surface area contributed by atoms with Crippen LogP contribution in [0.3, 0.4) is 0 Å². The van der Waals surface area contributed by atoms with E-state index in [0.717, 1.165) is 71.6 Å². The van der Waals surface area contributed by atoms with Crippen LogP contribution >= 0.6 is 11.6 Å². The largest absolute Gasteiger partial charge is 0.489 e. The van der Waals surface area contributed by atoms with Crippen LogP contribution in [0.5, 0.6) is 5.75 Å². The van der Waals surface area contributed by atoms with Gasteiger partial charge < -0.3 is 19.3 Å². The first-order chi connectivity index (χ1) is 13.7. The molecule has 1 atom stereocenters. The molecule has 0 N–H and O–H groups in total. The molecule has 0 aliphatic carbocycles. The van der Waals surface area contributed by atoms with Gasteiger partial charge in [-0.15, -0.1) is 0 Å². The van der Waals surface area contributed by atoms with Gasteiger partial charge in [-0.25, -0.2) is 0 Å². The SMILES string of the molecule is O=C(c1ccc(Cl)cc1OC1CCN(C[C@@H]2CCOC2)CC1)N1CCCCC1. The maximum Gasteiger partial charge on any atom is 0.257 e. The van der Waals surface area contributed by atoms with E-state index >= 15 is 0 Å². The van der Waals surface area contributed by atoms with Crippen LogP contribution in [0.25, 0.3) is 0 Å². The summed E-state index contributed by atoms with van der Waals surface area (Å²) in [5, 5.41) is 0.615. The van der Waals surface area contributed by atoms with Crippen molar-refractivity contribution in [2.45, 2.75) is 44.6 Å². The fourth-order valence-corrected chi connectivity index (χ4v) is 4.68. The minimum Gasteiger partial charge on any atom is -0.489 e. The number of rotatable bonds is 5. The molecule has 0 bridgehead atoms. The lowest BCUT2D eigenvalue weighted by Gasteiger charge is -2.34. The van der Waals surface area contributed by atoms with Gasteiger partial charge in [0.25, 0.3) is 5.91 Å². The van der Waals surface area contributed by atoms with Gasteiger partial charge in [-0.05, 0) is 62.6 Å². The van der Waals surface area contributed by atoms with Crippen LogP contribution in [0.15, 0.2) is 18.2 Å². The van der Waals surface area contributed by atoms with Gasteiger partial charge >= 0.3 is 0 Å². The molecule has 3 saturated heterocycles. The van der Waals surface area contributed by atoms with Crippen LogP contribution in [0.1, 0.15) is 48.9 Å². The normalized spacial score (nSPS) is 24.5. The summed E-state index contributed by atoms with van der Waals surface area (Å²) >= 11 is 6.22. The third kappa shape index (κ3) is 5.00. The molecule has 6 heteroatoms. The van der Waals surface area contributed by atoms with Crippen molar-refractivity contribution in [1.82, 2.24) is 9.80 Å². The first kappa shape index (κ1) is 20.0.